The van der Waals surface area contributed by atoms with Crippen molar-refractivity contribution in [3.8, 4) is 0 Å². The third-order valence-corrected chi connectivity index (χ3v) is 2.83. The molecule has 0 aliphatic carbocycles. The quantitative estimate of drug-likeness (QED) is 0.866. The van der Waals surface area contributed by atoms with Gasteiger partial charge in [-0.2, -0.15) is 0 Å². The van der Waals surface area contributed by atoms with E-state index in [1.165, 1.54) is 17.4 Å². The molecule has 2 nitrogen and oxygen atoms in total. The van der Waals surface area contributed by atoms with Gasteiger partial charge in [0.05, 0.1) is 17.2 Å². The maximum Gasteiger partial charge on any atom is 0.126 e. The normalized spacial score (nSPS) is 12.7. The van der Waals surface area contributed by atoms with Crippen molar-refractivity contribution < 1.29 is 4.39 Å². The molecule has 0 spiro atoms. The molecule has 0 amide bonds. The van der Waals surface area contributed by atoms with Gasteiger partial charge in [0.1, 0.15) is 5.82 Å². The van der Waals surface area contributed by atoms with Gasteiger partial charge >= 0.3 is 0 Å². The summed E-state index contributed by atoms with van der Waals surface area (Å²) in [5.41, 5.74) is 9.11. The lowest BCUT2D eigenvalue weighted by atomic mass is 10.0. The van der Waals surface area contributed by atoms with Crippen LogP contribution < -0.4 is 5.73 Å². The molecule has 1 aromatic carbocycles. The predicted octanol–water partition coefficient (Wildman–Crippen LogP) is 2.52. The molecule has 1 aromatic heterocycles. The molecule has 0 fully saturated rings. The lowest BCUT2D eigenvalue weighted by Crippen LogP contribution is -2.14. The molecule has 2 rings (SSSR count). The van der Waals surface area contributed by atoms with Crippen LogP contribution in [0.3, 0.4) is 0 Å². The Hall–Kier alpha value is -1.26. The largest absolute Gasteiger partial charge is 0.322 e. The van der Waals surface area contributed by atoms with Crippen LogP contribution in [0.2, 0.25) is 0 Å². The zero-order valence-electron chi connectivity index (χ0n) is 8.06. The number of aromatic nitrogens is 1. The van der Waals surface area contributed by atoms with Crippen LogP contribution >= 0.6 is 11.3 Å². The number of hydrogen-bond donors (Lipinski definition) is 1. The van der Waals surface area contributed by atoms with Crippen LogP contribution in [0.25, 0.3) is 0 Å². The van der Waals surface area contributed by atoms with E-state index in [1.807, 2.05) is 11.4 Å². The Morgan fingerprint density at radius 3 is 2.87 bits per heavy atom. The first-order valence-electron chi connectivity index (χ1n) is 4.64. The molecule has 0 bridgehead atoms. The lowest BCUT2D eigenvalue weighted by molar-refractivity contribution is 0.590. The van der Waals surface area contributed by atoms with Crippen molar-refractivity contribution >= 4 is 11.3 Å². The van der Waals surface area contributed by atoms with E-state index in [1.54, 1.807) is 17.6 Å². The number of benzene rings is 1. The lowest BCUT2D eigenvalue weighted by Gasteiger charge is -2.09. The fourth-order valence-electron chi connectivity index (χ4n) is 1.41. The Balaban J connectivity index is 2.13. The number of nitrogens with two attached hydrogens (primary N) is 1. The minimum absolute atomic E-state index is 0.205. The van der Waals surface area contributed by atoms with Crippen LogP contribution in [-0.4, -0.2) is 4.98 Å². The highest BCUT2D eigenvalue weighted by Gasteiger charge is 2.11. The van der Waals surface area contributed by atoms with Crippen LogP contribution in [0.15, 0.2) is 35.2 Å². The van der Waals surface area contributed by atoms with Crippen molar-refractivity contribution in [1.29, 1.82) is 0 Å². The molecule has 1 heterocycles. The first-order valence-corrected chi connectivity index (χ1v) is 5.58. The van der Waals surface area contributed by atoms with Crippen LogP contribution in [0.1, 0.15) is 17.3 Å². The van der Waals surface area contributed by atoms with Gasteiger partial charge in [0, 0.05) is 5.38 Å². The highest BCUT2D eigenvalue weighted by molar-refractivity contribution is 7.07. The Morgan fingerprint density at radius 2 is 2.20 bits per heavy atom. The smallest absolute Gasteiger partial charge is 0.126 e. The van der Waals surface area contributed by atoms with Crippen molar-refractivity contribution in [1.82, 2.24) is 4.98 Å². The summed E-state index contributed by atoms with van der Waals surface area (Å²) in [5.74, 6) is -0.205. The summed E-state index contributed by atoms with van der Waals surface area (Å²) in [4.78, 5) is 4.11. The van der Waals surface area contributed by atoms with Crippen molar-refractivity contribution in [2.45, 2.75) is 12.5 Å². The summed E-state index contributed by atoms with van der Waals surface area (Å²) in [5, 5.41) is 1.89. The molecule has 0 radical (unpaired) electrons. The van der Waals surface area contributed by atoms with Crippen molar-refractivity contribution in [2.75, 3.05) is 0 Å². The maximum absolute atomic E-state index is 13.3. The van der Waals surface area contributed by atoms with E-state index in [-0.39, 0.29) is 11.9 Å². The zero-order chi connectivity index (χ0) is 10.7. The second kappa shape index (κ2) is 4.51. The van der Waals surface area contributed by atoms with E-state index < -0.39 is 0 Å². The molecule has 2 aromatic rings. The number of rotatable bonds is 3. The van der Waals surface area contributed by atoms with Crippen LogP contribution in [0.4, 0.5) is 4.39 Å². The van der Waals surface area contributed by atoms with Gasteiger partial charge in [-0.25, -0.2) is 9.37 Å². The zero-order valence-corrected chi connectivity index (χ0v) is 8.88. The Labute approximate surface area is 91.6 Å². The minimum Gasteiger partial charge on any atom is -0.322 e. The van der Waals surface area contributed by atoms with Gasteiger partial charge in [-0.1, -0.05) is 18.2 Å². The molecule has 78 valence electrons. The maximum atomic E-state index is 13.3. The van der Waals surface area contributed by atoms with Gasteiger partial charge in [0.15, 0.2) is 0 Å². The summed E-state index contributed by atoms with van der Waals surface area (Å²) in [6.07, 6.45) is 0.483. The monoisotopic (exact) mass is 222 g/mol. The highest BCUT2D eigenvalue weighted by atomic mass is 32.1. The van der Waals surface area contributed by atoms with Gasteiger partial charge in [0.25, 0.3) is 0 Å². The summed E-state index contributed by atoms with van der Waals surface area (Å²) in [6.45, 7) is 0. The van der Waals surface area contributed by atoms with E-state index >= 15 is 0 Å². The summed E-state index contributed by atoms with van der Waals surface area (Å²) >= 11 is 1.50. The van der Waals surface area contributed by atoms with Gasteiger partial charge < -0.3 is 5.73 Å². The van der Waals surface area contributed by atoms with Crippen molar-refractivity contribution in [2.24, 2.45) is 5.73 Å². The molecule has 15 heavy (non-hydrogen) atoms. The van der Waals surface area contributed by atoms with Crippen molar-refractivity contribution in [3.05, 3.63) is 52.2 Å². The molecular weight excluding hydrogens is 211 g/mol. The topological polar surface area (TPSA) is 38.9 Å². The Morgan fingerprint density at radius 1 is 1.40 bits per heavy atom. The number of halogens is 1. The predicted molar refractivity (Wildman–Crippen MR) is 59.1 cm³/mol. The molecule has 0 saturated carbocycles. The molecule has 0 saturated heterocycles. The first kappa shape index (κ1) is 10.3. The van der Waals surface area contributed by atoms with E-state index in [4.69, 9.17) is 5.73 Å². The van der Waals surface area contributed by atoms with Crippen LogP contribution in [0, 0.1) is 5.82 Å². The summed E-state index contributed by atoms with van der Waals surface area (Å²) in [7, 11) is 0. The second-order valence-electron chi connectivity index (χ2n) is 3.32. The molecule has 2 N–H and O–H groups in total. The molecule has 1 atom stereocenters. The van der Waals surface area contributed by atoms with E-state index in [9.17, 15) is 4.39 Å². The number of hydrogen-bond acceptors (Lipinski definition) is 3. The summed E-state index contributed by atoms with van der Waals surface area (Å²) < 4.78 is 13.3. The average Bonchev–Trinajstić information content (AvgIpc) is 2.74. The standard InChI is InChI=1S/C11H11FN2S/c12-9-4-2-1-3-8(9)5-10(13)11-6-15-7-14-11/h1-4,6-7,10H,5,13H2. The van der Waals surface area contributed by atoms with Gasteiger partial charge in [-0.05, 0) is 18.1 Å². The van der Waals surface area contributed by atoms with Crippen LogP contribution in [0.5, 0.6) is 0 Å². The van der Waals surface area contributed by atoms with Gasteiger partial charge in [-0.3, -0.25) is 0 Å². The average molecular weight is 222 g/mol. The fraction of sp³-hybridized carbons (Fsp3) is 0.182. The van der Waals surface area contributed by atoms with Gasteiger partial charge in [0.2, 0.25) is 0 Å². The van der Waals surface area contributed by atoms with E-state index in [0.29, 0.717) is 12.0 Å². The van der Waals surface area contributed by atoms with E-state index in [0.717, 1.165) is 5.69 Å². The number of nitrogens with zero attached hydrogens (tertiary/aromatic N) is 1. The fourth-order valence-corrected chi connectivity index (χ4v) is 2.03. The highest BCUT2D eigenvalue weighted by Crippen LogP contribution is 2.17. The van der Waals surface area contributed by atoms with Crippen molar-refractivity contribution in [3.63, 3.8) is 0 Å². The second-order valence-corrected chi connectivity index (χ2v) is 4.03. The SMILES string of the molecule is NC(Cc1ccccc1F)c1cscn1. The van der Waals surface area contributed by atoms with Gasteiger partial charge in [-0.15, -0.1) is 11.3 Å². The molecule has 4 heteroatoms. The molecule has 0 aliphatic heterocycles. The Kier molecular flexibility index (Phi) is 3.08. The summed E-state index contributed by atoms with van der Waals surface area (Å²) in [6, 6.07) is 6.46. The first-order chi connectivity index (χ1) is 7.27. The Bertz CT molecular complexity index is 428. The molecular formula is C11H11FN2S. The van der Waals surface area contributed by atoms with E-state index in [2.05, 4.69) is 4.98 Å². The number of thiazole rings is 1. The third kappa shape index (κ3) is 2.40. The molecule has 0 aliphatic rings. The minimum atomic E-state index is -0.229. The molecule has 1 unspecified atom stereocenters. The van der Waals surface area contributed by atoms with Crippen LogP contribution in [-0.2, 0) is 6.42 Å². The third-order valence-electron chi connectivity index (χ3n) is 2.23.